The van der Waals surface area contributed by atoms with E-state index in [1.165, 1.54) is 16.9 Å². The average molecular weight is 277 g/mol. The number of aromatic amines is 1. The zero-order valence-electron chi connectivity index (χ0n) is 11.2. The van der Waals surface area contributed by atoms with Crippen molar-refractivity contribution in [2.75, 3.05) is 12.3 Å². The quantitative estimate of drug-likeness (QED) is 0.775. The van der Waals surface area contributed by atoms with Gasteiger partial charge in [-0.05, 0) is 13.3 Å². The third-order valence-electron chi connectivity index (χ3n) is 2.65. The molecule has 0 saturated carbocycles. The summed E-state index contributed by atoms with van der Waals surface area (Å²) in [7, 11) is 0. The number of H-pyrrole nitrogens is 1. The van der Waals surface area contributed by atoms with E-state index < -0.39 is 5.97 Å². The smallest absolute Gasteiger partial charge is 0.343 e. The summed E-state index contributed by atoms with van der Waals surface area (Å²) in [5, 5.41) is 3.96. The number of ether oxygens (including phenoxy) is 1. The number of hydrogen-bond acceptors (Lipinski definition) is 6. The highest BCUT2D eigenvalue weighted by molar-refractivity contribution is 5.94. The van der Waals surface area contributed by atoms with Gasteiger partial charge in [0.05, 0.1) is 12.8 Å². The number of nitrogens with two attached hydrogens (primary N) is 1. The van der Waals surface area contributed by atoms with Crippen LogP contribution in [-0.4, -0.2) is 32.3 Å². The molecule has 20 heavy (non-hydrogen) atoms. The van der Waals surface area contributed by atoms with Crippen LogP contribution in [0.5, 0.6) is 0 Å². The molecule has 0 unspecified atom stereocenters. The Labute approximate surface area is 114 Å². The molecule has 8 heteroatoms. The molecule has 0 aliphatic carbocycles. The summed E-state index contributed by atoms with van der Waals surface area (Å²) in [6.45, 7) is 3.81. The molecule has 0 atom stereocenters. The van der Waals surface area contributed by atoms with E-state index in [9.17, 15) is 9.59 Å². The molecule has 2 aromatic rings. The fraction of sp³-hybridized carbons (Fsp3) is 0.333. The Hall–Kier alpha value is -2.64. The minimum Gasteiger partial charge on any atom is -0.462 e. The molecule has 0 spiro atoms. The number of nitrogens with one attached hydrogen (secondary N) is 1. The average Bonchev–Trinajstić information content (AvgIpc) is 2.80. The Morgan fingerprint density at radius 2 is 2.25 bits per heavy atom. The van der Waals surface area contributed by atoms with Crippen molar-refractivity contribution in [2.24, 2.45) is 0 Å². The summed E-state index contributed by atoms with van der Waals surface area (Å²) >= 11 is 0. The molecule has 2 heterocycles. The first kappa shape index (κ1) is 13.8. The van der Waals surface area contributed by atoms with E-state index in [4.69, 9.17) is 10.5 Å². The highest BCUT2D eigenvalue weighted by Crippen LogP contribution is 2.15. The number of carbonyl (C=O) groups excluding carboxylic acids is 1. The molecule has 8 nitrogen and oxygen atoms in total. The molecule has 106 valence electrons. The molecule has 0 amide bonds. The number of aromatic nitrogens is 4. The molecule has 2 rings (SSSR count). The monoisotopic (exact) mass is 277 g/mol. The lowest BCUT2D eigenvalue weighted by Crippen LogP contribution is -2.16. The standard InChI is InChI=1S/C12H15N5O3/c1-3-7-5-9(18)16-12(15-7)17-10(13)8(6-14-17)11(19)20-4-2/h5-6H,3-4,13H2,1-2H3,(H,15,16,18). The van der Waals surface area contributed by atoms with Gasteiger partial charge in [-0.1, -0.05) is 6.92 Å². The zero-order chi connectivity index (χ0) is 14.7. The van der Waals surface area contributed by atoms with Crippen molar-refractivity contribution in [3.63, 3.8) is 0 Å². The van der Waals surface area contributed by atoms with E-state index in [2.05, 4.69) is 15.1 Å². The van der Waals surface area contributed by atoms with Crippen molar-refractivity contribution in [1.29, 1.82) is 0 Å². The van der Waals surface area contributed by atoms with Crippen LogP contribution in [-0.2, 0) is 11.2 Å². The van der Waals surface area contributed by atoms with E-state index in [0.717, 1.165) is 0 Å². The third kappa shape index (κ3) is 2.53. The van der Waals surface area contributed by atoms with Gasteiger partial charge < -0.3 is 10.5 Å². The number of rotatable bonds is 4. The lowest BCUT2D eigenvalue weighted by molar-refractivity contribution is 0.0527. The first-order valence-corrected chi connectivity index (χ1v) is 6.18. The lowest BCUT2D eigenvalue weighted by Gasteiger charge is -2.05. The molecule has 0 fully saturated rings. The molecular formula is C12H15N5O3. The van der Waals surface area contributed by atoms with Gasteiger partial charge in [0.25, 0.3) is 5.56 Å². The second-order valence-corrected chi connectivity index (χ2v) is 3.99. The molecule has 2 aromatic heterocycles. The maximum Gasteiger partial charge on any atom is 0.343 e. The third-order valence-corrected chi connectivity index (χ3v) is 2.65. The van der Waals surface area contributed by atoms with Crippen LogP contribution in [0.25, 0.3) is 5.95 Å². The Kier molecular flexibility index (Phi) is 3.83. The van der Waals surface area contributed by atoms with Gasteiger partial charge in [0.1, 0.15) is 11.4 Å². The Morgan fingerprint density at radius 1 is 1.50 bits per heavy atom. The van der Waals surface area contributed by atoms with E-state index in [1.807, 2.05) is 6.92 Å². The van der Waals surface area contributed by atoms with Gasteiger partial charge >= 0.3 is 5.97 Å². The summed E-state index contributed by atoms with van der Waals surface area (Å²) in [6.07, 6.45) is 1.88. The van der Waals surface area contributed by atoms with Crippen LogP contribution >= 0.6 is 0 Å². The van der Waals surface area contributed by atoms with Crippen molar-refractivity contribution in [2.45, 2.75) is 20.3 Å². The van der Waals surface area contributed by atoms with Crippen LogP contribution in [0.3, 0.4) is 0 Å². The molecule has 0 bridgehead atoms. The fourth-order valence-electron chi connectivity index (χ4n) is 1.67. The van der Waals surface area contributed by atoms with Crippen molar-refractivity contribution in [3.8, 4) is 5.95 Å². The molecule has 0 aromatic carbocycles. The number of hydrogen-bond donors (Lipinski definition) is 2. The summed E-state index contributed by atoms with van der Waals surface area (Å²) in [6, 6.07) is 1.40. The molecule has 0 saturated heterocycles. The van der Waals surface area contributed by atoms with E-state index >= 15 is 0 Å². The van der Waals surface area contributed by atoms with E-state index in [-0.39, 0.29) is 29.5 Å². The molecule has 3 N–H and O–H groups in total. The van der Waals surface area contributed by atoms with Crippen LogP contribution in [0, 0.1) is 0 Å². The zero-order valence-corrected chi connectivity index (χ0v) is 11.2. The number of nitrogen functional groups attached to an aromatic ring is 1. The predicted molar refractivity (Wildman–Crippen MR) is 71.7 cm³/mol. The second kappa shape index (κ2) is 5.55. The van der Waals surface area contributed by atoms with Gasteiger partial charge in [-0.25, -0.2) is 9.78 Å². The molecule has 0 aliphatic heterocycles. The minimum atomic E-state index is -0.565. The SMILES string of the molecule is CCOC(=O)c1cnn(-c2nc(CC)cc(=O)[nH]2)c1N. The number of anilines is 1. The van der Waals surface area contributed by atoms with Gasteiger partial charge in [-0.15, -0.1) is 0 Å². The topological polar surface area (TPSA) is 116 Å². The first-order chi connectivity index (χ1) is 9.56. The number of esters is 1. The van der Waals surface area contributed by atoms with Crippen molar-refractivity contribution in [1.82, 2.24) is 19.7 Å². The Bertz CT molecular complexity index is 689. The van der Waals surface area contributed by atoms with E-state index in [1.54, 1.807) is 6.92 Å². The van der Waals surface area contributed by atoms with Crippen molar-refractivity contribution < 1.29 is 9.53 Å². The summed E-state index contributed by atoms with van der Waals surface area (Å²) in [5.41, 5.74) is 6.28. The summed E-state index contributed by atoms with van der Waals surface area (Å²) in [4.78, 5) is 29.9. The van der Waals surface area contributed by atoms with Crippen LogP contribution < -0.4 is 11.3 Å². The highest BCUT2D eigenvalue weighted by Gasteiger charge is 2.18. The maximum atomic E-state index is 11.7. The highest BCUT2D eigenvalue weighted by atomic mass is 16.5. The van der Waals surface area contributed by atoms with Crippen LogP contribution in [0.2, 0.25) is 0 Å². The predicted octanol–water partition coefficient (Wildman–Crippen LogP) is 0.277. The minimum absolute atomic E-state index is 0.0693. The molecule has 0 aliphatic rings. The molecule has 0 radical (unpaired) electrons. The summed E-state index contributed by atoms with van der Waals surface area (Å²) < 4.78 is 6.06. The van der Waals surface area contributed by atoms with Gasteiger partial charge in [0, 0.05) is 11.8 Å². The number of aryl methyl sites for hydroxylation is 1. The number of nitrogens with zero attached hydrogens (tertiary/aromatic N) is 3. The maximum absolute atomic E-state index is 11.7. The van der Waals surface area contributed by atoms with Gasteiger partial charge in [-0.3, -0.25) is 9.78 Å². The Morgan fingerprint density at radius 3 is 2.90 bits per heavy atom. The van der Waals surface area contributed by atoms with Crippen LogP contribution in [0.15, 0.2) is 17.1 Å². The largest absolute Gasteiger partial charge is 0.462 e. The van der Waals surface area contributed by atoms with Crippen molar-refractivity contribution >= 4 is 11.8 Å². The van der Waals surface area contributed by atoms with E-state index in [0.29, 0.717) is 12.1 Å². The van der Waals surface area contributed by atoms with Gasteiger partial charge in [-0.2, -0.15) is 9.78 Å². The number of carbonyl (C=O) groups is 1. The van der Waals surface area contributed by atoms with Gasteiger partial charge in [0.15, 0.2) is 0 Å². The van der Waals surface area contributed by atoms with Crippen molar-refractivity contribution in [3.05, 3.63) is 33.9 Å². The first-order valence-electron chi connectivity index (χ1n) is 6.18. The van der Waals surface area contributed by atoms with Gasteiger partial charge in [0.2, 0.25) is 5.95 Å². The summed E-state index contributed by atoms with van der Waals surface area (Å²) in [5.74, 6) is -0.326. The Balaban J connectivity index is 2.47. The fourth-order valence-corrected chi connectivity index (χ4v) is 1.67. The van der Waals surface area contributed by atoms with Crippen LogP contribution in [0.4, 0.5) is 5.82 Å². The van der Waals surface area contributed by atoms with Crippen LogP contribution in [0.1, 0.15) is 29.9 Å². The molecular weight excluding hydrogens is 262 g/mol. The lowest BCUT2D eigenvalue weighted by atomic mass is 10.3. The normalized spacial score (nSPS) is 10.5. The second-order valence-electron chi connectivity index (χ2n) is 3.99.